The van der Waals surface area contributed by atoms with Crippen molar-refractivity contribution < 1.29 is 24.3 Å². The third-order valence-corrected chi connectivity index (χ3v) is 5.79. The Morgan fingerprint density at radius 3 is 2.32 bits per heavy atom. The highest BCUT2D eigenvalue weighted by Gasteiger charge is 2.49. The van der Waals surface area contributed by atoms with E-state index in [9.17, 15) is 14.7 Å². The fraction of sp³-hybridized carbons (Fsp3) is 0.222. The van der Waals surface area contributed by atoms with Crippen molar-refractivity contribution in [2.24, 2.45) is 5.16 Å². The molecule has 0 bridgehead atoms. The van der Waals surface area contributed by atoms with E-state index in [4.69, 9.17) is 9.57 Å². The third-order valence-electron chi connectivity index (χ3n) is 5.79. The summed E-state index contributed by atoms with van der Waals surface area (Å²) in [6, 6.07) is 22.8. The van der Waals surface area contributed by atoms with E-state index in [0.29, 0.717) is 23.8 Å². The van der Waals surface area contributed by atoms with Gasteiger partial charge in [-0.25, -0.2) is 0 Å². The SMILES string of the molecule is Cc1cccc(C)c1NC(=O)[C@@]1(CC(=O)O)CC(c2ccc(OCc3ccccc3)cc2)=NO1. The second-order valence-electron chi connectivity index (χ2n) is 8.39. The van der Waals surface area contributed by atoms with Crippen LogP contribution in [0, 0.1) is 13.8 Å². The van der Waals surface area contributed by atoms with Gasteiger partial charge in [0.2, 0.25) is 5.60 Å². The van der Waals surface area contributed by atoms with Crippen LogP contribution in [0.25, 0.3) is 0 Å². The number of amides is 1. The highest BCUT2D eigenvalue weighted by atomic mass is 16.7. The molecular formula is C27H26N2O5. The van der Waals surface area contributed by atoms with Crippen molar-refractivity contribution in [3.63, 3.8) is 0 Å². The van der Waals surface area contributed by atoms with Crippen molar-refractivity contribution >= 4 is 23.3 Å². The number of nitrogens with one attached hydrogen (secondary N) is 1. The van der Waals surface area contributed by atoms with Gasteiger partial charge in [-0.3, -0.25) is 9.59 Å². The standard InChI is InChI=1S/C27H26N2O5/c1-18-7-6-8-19(2)25(18)28-26(32)27(16-24(30)31)15-23(29-34-27)21-11-13-22(14-12-21)33-17-20-9-4-3-5-10-20/h3-14H,15-17H2,1-2H3,(H,28,32)(H,30,31)/t27-/m0/s1. The Hall–Kier alpha value is -4.13. The largest absolute Gasteiger partial charge is 0.489 e. The van der Waals surface area contributed by atoms with E-state index in [2.05, 4.69) is 10.5 Å². The number of ether oxygens (including phenoxy) is 1. The summed E-state index contributed by atoms with van der Waals surface area (Å²) in [5, 5.41) is 16.4. The average Bonchev–Trinajstić information content (AvgIpc) is 3.26. The summed E-state index contributed by atoms with van der Waals surface area (Å²) in [7, 11) is 0. The molecule has 7 heteroatoms. The lowest BCUT2D eigenvalue weighted by Gasteiger charge is -2.24. The molecule has 0 saturated heterocycles. The molecule has 1 heterocycles. The van der Waals surface area contributed by atoms with Crippen LogP contribution in [0.4, 0.5) is 5.69 Å². The van der Waals surface area contributed by atoms with Crippen molar-refractivity contribution in [3.8, 4) is 5.75 Å². The lowest BCUT2D eigenvalue weighted by atomic mass is 9.89. The minimum Gasteiger partial charge on any atom is -0.489 e. The molecule has 2 N–H and O–H groups in total. The summed E-state index contributed by atoms with van der Waals surface area (Å²) in [6.07, 6.45) is -0.463. The number of para-hydroxylation sites is 1. The van der Waals surface area contributed by atoms with Crippen LogP contribution in [0.1, 0.15) is 35.1 Å². The quantitative estimate of drug-likeness (QED) is 0.503. The van der Waals surface area contributed by atoms with Gasteiger partial charge in [-0.15, -0.1) is 0 Å². The number of aliphatic carboxylic acids is 1. The van der Waals surface area contributed by atoms with E-state index < -0.39 is 23.9 Å². The van der Waals surface area contributed by atoms with Crippen molar-refractivity contribution in [3.05, 3.63) is 95.1 Å². The van der Waals surface area contributed by atoms with E-state index in [-0.39, 0.29) is 6.42 Å². The number of hydrogen-bond acceptors (Lipinski definition) is 5. The number of aryl methyl sites for hydroxylation is 2. The second-order valence-corrected chi connectivity index (χ2v) is 8.39. The van der Waals surface area contributed by atoms with E-state index in [1.54, 1.807) is 0 Å². The molecule has 1 aliphatic heterocycles. The number of oxime groups is 1. The van der Waals surface area contributed by atoms with Gasteiger partial charge in [0.25, 0.3) is 5.91 Å². The Bertz CT molecular complexity index is 1200. The molecule has 0 aliphatic carbocycles. The highest BCUT2D eigenvalue weighted by molar-refractivity contribution is 6.09. The lowest BCUT2D eigenvalue weighted by molar-refractivity contribution is -0.152. The molecule has 7 nitrogen and oxygen atoms in total. The number of carboxylic acid groups (broad SMARTS) is 1. The van der Waals surface area contributed by atoms with E-state index >= 15 is 0 Å². The Morgan fingerprint density at radius 2 is 1.68 bits per heavy atom. The molecule has 0 fully saturated rings. The van der Waals surface area contributed by atoms with Gasteiger partial charge < -0.3 is 20.0 Å². The fourth-order valence-corrected chi connectivity index (χ4v) is 3.90. The smallest absolute Gasteiger partial charge is 0.308 e. The number of carbonyl (C=O) groups is 2. The molecule has 3 aromatic rings. The van der Waals surface area contributed by atoms with Gasteiger partial charge in [-0.2, -0.15) is 0 Å². The van der Waals surface area contributed by atoms with Crippen LogP contribution in [0.5, 0.6) is 5.75 Å². The van der Waals surface area contributed by atoms with E-state index in [1.807, 2.05) is 86.6 Å². The number of anilines is 1. The van der Waals surface area contributed by atoms with Gasteiger partial charge in [-0.05, 0) is 60.4 Å². The maximum atomic E-state index is 13.2. The first-order chi connectivity index (χ1) is 16.4. The van der Waals surface area contributed by atoms with Crippen molar-refractivity contribution in [2.45, 2.75) is 38.9 Å². The summed E-state index contributed by atoms with van der Waals surface area (Å²) in [6.45, 7) is 4.21. The Balaban J connectivity index is 1.47. The number of hydrogen-bond donors (Lipinski definition) is 2. The zero-order valence-electron chi connectivity index (χ0n) is 19.1. The molecule has 1 amide bonds. The third kappa shape index (κ3) is 5.09. The molecule has 1 atom stereocenters. The van der Waals surface area contributed by atoms with Gasteiger partial charge in [0, 0.05) is 12.1 Å². The van der Waals surface area contributed by atoms with Crippen LogP contribution in [0.3, 0.4) is 0 Å². The maximum Gasteiger partial charge on any atom is 0.308 e. The Labute approximate surface area is 198 Å². The van der Waals surface area contributed by atoms with Gasteiger partial charge in [0.15, 0.2) is 0 Å². The van der Waals surface area contributed by atoms with Crippen LogP contribution in [-0.4, -0.2) is 28.3 Å². The van der Waals surface area contributed by atoms with Gasteiger partial charge in [0.05, 0.1) is 12.1 Å². The summed E-state index contributed by atoms with van der Waals surface area (Å²) in [5.74, 6) is -0.983. The number of benzene rings is 3. The first kappa shape index (κ1) is 23.0. The van der Waals surface area contributed by atoms with Gasteiger partial charge >= 0.3 is 5.97 Å². The molecule has 174 valence electrons. The molecule has 0 saturated carbocycles. The Kier molecular flexibility index (Phi) is 6.63. The summed E-state index contributed by atoms with van der Waals surface area (Å²) in [5.41, 5.74) is 3.08. The molecule has 0 radical (unpaired) electrons. The maximum absolute atomic E-state index is 13.2. The predicted molar refractivity (Wildman–Crippen MR) is 129 cm³/mol. The number of rotatable bonds is 8. The second kappa shape index (κ2) is 9.79. The normalized spacial score (nSPS) is 16.9. The molecule has 3 aromatic carbocycles. The number of carbonyl (C=O) groups excluding carboxylic acids is 1. The highest BCUT2D eigenvalue weighted by Crippen LogP contribution is 2.33. The molecule has 0 aromatic heterocycles. The van der Waals surface area contributed by atoms with E-state index in [0.717, 1.165) is 22.3 Å². The summed E-state index contributed by atoms with van der Waals surface area (Å²) < 4.78 is 5.82. The Morgan fingerprint density at radius 1 is 1.00 bits per heavy atom. The number of nitrogens with zero attached hydrogens (tertiary/aromatic N) is 1. The van der Waals surface area contributed by atoms with Crippen LogP contribution < -0.4 is 10.1 Å². The van der Waals surface area contributed by atoms with Crippen LogP contribution in [0.2, 0.25) is 0 Å². The minimum atomic E-state index is -1.63. The fourth-order valence-electron chi connectivity index (χ4n) is 3.90. The minimum absolute atomic E-state index is 0.0419. The monoisotopic (exact) mass is 458 g/mol. The van der Waals surface area contributed by atoms with E-state index in [1.165, 1.54) is 0 Å². The van der Waals surface area contributed by atoms with Gasteiger partial charge in [0.1, 0.15) is 12.4 Å². The van der Waals surface area contributed by atoms with Crippen molar-refractivity contribution in [1.29, 1.82) is 0 Å². The van der Waals surface area contributed by atoms with Crippen molar-refractivity contribution in [2.75, 3.05) is 5.32 Å². The molecule has 0 unspecified atom stereocenters. The van der Waals surface area contributed by atoms with Gasteiger partial charge in [-0.1, -0.05) is 53.7 Å². The molecular weight excluding hydrogens is 432 g/mol. The van der Waals surface area contributed by atoms with Crippen LogP contribution in [0.15, 0.2) is 78.0 Å². The molecule has 1 aliphatic rings. The predicted octanol–water partition coefficient (Wildman–Crippen LogP) is 4.86. The van der Waals surface area contributed by atoms with Crippen LogP contribution >= 0.6 is 0 Å². The summed E-state index contributed by atoms with van der Waals surface area (Å²) >= 11 is 0. The number of carboxylic acids is 1. The van der Waals surface area contributed by atoms with Crippen molar-refractivity contribution in [1.82, 2.24) is 0 Å². The molecule has 34 heavy (non-hydrogen) atoms. The zero-order chi connectivity index (χ0) is 24.1. The first-order valence-electron chi connectivity index (χ1n) is 11.0. The zero-order valence-corrected chi connectivity index (χ0v) is 19.1. The molecule has 0 spiro atoms. The average molecular weight is 459 g/mol. The summed E-state index contributed by atoms with van der Waals surface area (Å²) in [4.78, 5) is 30.4. The molecule has 4 rings (SSSR count). The first-order valence-corrected chi connectivity index (χ1v) is 11.0. The van der Waals surface area contributed by atoms with Crippen LogP contribution in [-0.2, 0) is 21.0 Å². The lowest BCUT2D eigenvalue weighted by Crippen LogP contribution is -2.45. The topological polar surface area (TPSA) is 97.2 Å².